The number of hydrogen-bond donors (Lipinski definition) is 1. The maximum absolute atomic E-state index is 11.2. The molecule has 0 bridgehead atoms. The first-order valence-corrected chi connectivity index (χ1v) is 6.52. The monoisotopic (exact) mass is 243 g/mol. The maximum atomic E-state index is 11.2. The van der Waals surface area contributed by atoms with Crippen LogP contribution < -0.4 is 0 Å². The van der Waals surface area contributed by atoms with Gasteiger partial charge in [-0.25, -0.2) is 0 Å². The fourth-order valence-electron chi connectivity index (χ4n) is 2.59. The molecule has 17 heavy (non-hydrogen) atoms. The molecule has 4 nitrogen and oxygen atoms in total. The highest BCUT2D eigenvalue weighted by molar-refractivity contribution is 5.73. The normalized spacial score (nSPS) is 31.5. The summed E-state index contributed by atoms with van der Waals surface area (Å²) in [5.74, 6) is -0.723. The van der Waals surface area contributed by atoms with Crippen molar-refractivity contribution >= 4 is 5.97 Å². The van der Waals surface area contributed by atoms with Gasteiger partial charge in [0.1, 0.15) is 6.04 Å². The molecule has 1 aliphatic rings. The number of ether oxygens (including phenoxy) is 1. The van der Waals surface area contributed by atoms with Gasteiger partial charge in [-0.3, -0.25) is 9.69 Å². The van der Waals surface area contributed by atoms with Gasteiger partial charge in [0, 0.05) is 12.6 Å². The summed E-state index contributed by atoms with van der Waals surface area (Å²) in [5.41, 5.74) is -0.0893. The van der Waals surface area contributed by atoms with Crippen LogP contribution in [0.1, 0.15) is 46.5 Å². The molecule has 1 rings (SSSR count). The van der Waals surface area contributed by atoms with Gasteiger partial charge in [0.15, 0.2) is 0 Å². The molecule has 4 heteroatoms. The minimum atomic E-state index is -0.723. The van der Waals surface area contributed by atoms with Crippen LogP contribution in [0.3, 0.4) is 0 Å². The lowest BCUT2D eigenvalue weighted by molar-refractivity contribution is -0.147. The molecule has 100 valence electrons. The van der Waals surface area contributed by atoms with Crippen LogP contribution in [0.15, 0.2) is 0 Å². The number of rotatable bonds is 5. The highest BCUT2D eigenvalue weighted by Crippen LogP contribution is 2.30. The predicted molar refractivity (Wildman–Crippen MR) is 67.1 cm³/mol. The van der Waals surface area contributed by atoms with Gasteiger partial charge in [-0.1, -0.05) is 13.8 Å². The first-order valence-electron chi connectivity index (χ1n) is 6.52. The van der Waals surface area contributed by atoms with Crippen molar-refractivity contribution in [2.45, 2.75) is 64.1 Å². The lowest BCUT2D eigenvalue weighted by atomic mass is 9.88. The third-order valence-electron chi connectivity index (χ3n) is 4.06. The SMILES string of the molecule is CCC(C(=O)O)N(C)C1CCOC(C)(CC)C1. The summed E-state index contributed by atoms with van der Waals surface area (Å²) in [4.78, 5) is 13.2. The second-order valence-electron chi connectivity index (χ2n) is 5.23. The molecule has 0 aliphatic carbocycles. The molecule has 3 unspecified atom stereocenters. The highest BCUT2D eigenvalue weighted by atomic mass is 16.5. The Hall–Kier alpha value is -0.610. The highest BCUT2D eigenvalue weighted by Gasteiger charge is 2.36. The van der Waals surface area contributed by atoms with Crippen molar-refractivity contribution < 1.29 is 14.6 Å². The summed E-state index contributed by atoms with van der Waals surface area (Å²) in [6, 6.07) is -0.0612. The molecule has 0 aromatic carbocycles. The quantitative estimate of drug-likeness (QED) is 0.803. The van der Waals surface area contributed by atoms with E-state index in [1.54, 1.807) is 0 Å². The van der Waals surface area contributed by atoms with Crippen LogP contribution in [0.25, 0.3) is 0 Å². The Labute approximate surface area is 104 Å². The molecule has 1 N–H and O–H groups in total. The van der Waals surface area contributed by atoms with Gasteiger partial charge in [-0.2, -0.15) is 0 Å². The van der Waals surface area contributed by atoms with Crippen LogP contribution in [0.2, 0.25) is 0 Å². The molecule has 3 atom stereocenters. The zero-order valence-electron chi connectivity index (χ0n) is 11.4. The van der Waals surface area contributed by atoms with E-state index in [9.17, 15) is 9.90 Å². The first kappa shape index (κ1) is 14.5. The van der Waals surface area contributed by atoms with Crippen LogP contribution in [0, 0.1) is 0 Å². The number of carboxylic acid groups (broad SMARTS) is 1. The lowest BCUT2D eigenvalue weighted by Crippen LogP contribution is -2.51. The average Bonchev–Trinajstić information content (AvgIpc) is 2.29. The van der Waals surface area contributed by atoms with E-state index in [-0.39, 0.29) is 11.6 Å². The van der Waals surface area contributed by atoms with E-state index in [2.05, 4.69) is 13.8 Å². The Bertz CT molecular complexity index is 269. The van der Waals surface area contributed by atoms with Crippen LogP contribution in [-0.2, 0) is 9.53 Å². The van der Waals surface area contributed by atoms with Gasteiger partial charge in [0.05, 0.1) is 5.60 Å². The third kappa shape index (κ3) is 3.42. The Balaban J connectivity index is 2.68. The Morgan fingerprint density at radius 3 is 2.71 bits per heavy atom. The van der Waals surface area contributed by atoms with Gasteiger partial charge in [0.25, 0.3) is 0 Å². The van der Waals surface area contributed by atoms with Gasteiger partial charge < -0.3 is 9.84 Å². The summed E-state index contributed by atoms with van der Waals surface area (Å²) < 4.78 is 5.79. The van der Waals surface area contributed by atoms with Crippen LogP contribution >= 0.6 is 0 Å². The zero-order chi connectivity index (χ0) is 13.1. The second-order valence-corrected chi connectivity index (χ2v) is 5.23. The smallest absolute Gasteiger partial charge is 0.320 e. The average molecular weight is 243 g/mol. The summed E-state index contributed by atoms with van der Waals surface area (Å²) in [6.07, 6.45) is 3.47. The first-order chi connectivity index (χ1) is 7.93. The number of aliphatic carboxylic acids is 1. The van der Waals surface area contributed by atoms with Crippen molar-refractivity contribution in [1.82, 2.24) is 4.90 Å². The minimum Gasteiger partial charge on any atom is -0.480 e. The predicted octanol–water partition coefficient (Wildman–Crippen LogP) is 2.13. The Morgan fingerprint density at radius 2 is 2.24 bits per heavy atom. The largest absolute Gasteiger partial charge is 0.480 e. The third-order valence-corrected chi connectivity index (χ3v) is 4.06. The van der Waals surface area contributed by atoms with E-state index in [4.69, 9.17) is 4.74 Å². The van der Waals surface area contributed by atoms with E-state index in [1.165, 1.54) is 0 Å². The second kappa shape index (κ2) is 5.83. The van der Waals surface area contributed by atoms with Gasteiger partial charge in [-0.15, -0.1) is 0 Å². The Kier molecular flexibility index (Phi) is 4.95. The molecule has 0 radical (unpaired) electrons. The van der Waals surface area contributed by atoms with E-state index in [0.29, 0.717) is 12.5 Å². The van der Waals surface area contributed by atoms with Crippen LogP contribution in [0.4, 0.5) is 0 Å². The standard InChI is InChI=1S/C13H25NO3/c1-5-11(12(15)16)14(4)10-7-8-17-13(3,6-2)9-10/h10-11H,5-9H2,1-4H3,(H,15,16). The van der Waals surface area contributed by atoms with E-state index in [0.717, 1.165) is 25.9 Å². The molecule has 0 saturated carbocycles. The fraction of sp³-hybridized carbons (Fsp3) is 0.923. The summed E-state index contributed by atoms with van der Waals surface area (Å²) in [6.45, 7) is 6.90. The molecule has 0 spiro atoms. The van der Waals surface area contributed by atoms with Crippen molar-refractivity contribution in [3.05, 3.63) is 0 Å². The zero-order valence-corrected chi connectivity index (χ0v) is 11.4. The molecular formula is C13H25NO3. The number of carboxylic acids is 1. The maximum Gasteiger partial charge on any atom is 0.320 e. The minimum absolute atomic E-state index is 0.0893. The number of likely N-dealkylation sites (N-methyl/N-ethyl adjacent to an activating group) is 1. The summed E-state index contributed by atoms with van der Waals surface area (Å²) in [7, 11) is 1.92. The summed E-state index contributed by atoms with van der Waals surface area (Å²) >= 11 is 0. The number of nitrogens with zero attached hydrogens (tertiary/aromatic N) is 1. The topological polar surface area (TPSA) is 49.8 Å². The molecule has 1 heterocycles. The fourth-order valence-corrected chi connectivity index (χ4v) is 2.59. The van der Waals surface area contributed by atoms with Gasteiger partial charge >= 0.3 is 5.97 Å². The van der Waals surface area contributed by atoms with Crippen molar-refractivity contribution in [1.29, 1.82) is 0 Å². The summed E-state index contributed by atoms with van der Waals surface area (Å²) in [5, 5.41) is 9.19. The van der Waals surface area contributed by atoms with Crippen LogP contribution in [0.5, 0.6) is 0 Å². The Morgan fingerprint density at radius 1 is 1.59 bits per heavy atom. The molecule has 0 aromatic heterocycles. The van der Waals surface area contributed by atoms with Gasteiger partial charge in [-0.05, 0) is 39.7 Å². The molecule has 1 aliphatic heterocycles. The molecule has 1 fully saturated rings. The van der Waals surface area contributed by atoms with Crippen molar-refractivity contribution in [2.75, 3.05) is 13.7 Å². The van der Waals surface area contributed by atoms with Crippen molar-refractivity contribution in [3.8, 4) is 0 Å². The molecular weight excluding hydrogens is 218 g/mol. The van der Waals surface area contributed by atoms with Crippen LogP contribution in [-0.4, -0.2) is 47.3 Å². The van der Waals surface area contributed by atoms with Gasteiger partial charge in [0.2, 0.25) is 0 Å². The molecule has 0 aromatic rings. The van der Waals surface area contributed by atoms with Crippen molar-refractivity contribution in [3.63, 3.8) is 0 Å². The molecule has 0 amide bonds. The molecule has 1 saturated heterocycles. The number of carbonyl (C=O) groups is 1. The van der Waals surface area contributed by atoms with E-state index >= 15 is 0 Å². The lowest BCUT2D eigenvalue weighted by Gasteiger charge is -2.43. The van der Waals surface area contributed by atoms with Crippen molar-refractivity contribution in [2.24, 2.45) is 0 Å². The van der Waals surface area contributed by atoms with E-state index in [1.807, 2.05) is 18.9 Å². The number of hydrogen-bond acceptors (Lipinski definition) is 3. The van der Waals surface area contributed by atoms with E-state index < -0.39 is 5.97 Å².